The number of rotatable bonds is 3. The molecule has 0 radical (unpaired) electrons. The van der Waals surface area contributed by atoms with E-state index in [0.29, 0.717) is 12.3 Å². The summed E-state index contributed by atoms with van der Waals surface area (Å²) in [7, 11) is 0. The Hall–Kier alpha value is -0.810. The van der Waals surface area contributed by atoms with Gasteiger partial charge in [-0.05, 0) is 38.3 Å². The van der Waals surface area contributed by atoms with E-state index < -0.39 is 0 Å². The monoisotopic (exact) mass is 303 g/mol. The summed E-state index contributed by atoms with van der Waals surface area (Å²) in [6.45, 7) is 5.02. The first kappa shape index (κ1) is 17.2. The molecule has 2 rings (SSSR count). The van der Waals surface area contributed by atoms with E-state index in [9.17, 15) is 9.59 Å². The lowest BCUT2D eigenvalue weighted by atomic mass is 9.95. The smallest absolute Gasteiger partial charge is 0.239 e. The molecule has 0 aromatic rings. The first-order valence-electron chi connectivity index (χ1n) is 7.44. The second-order valence-corrected chi connectivity index (χ2v) is 5.77. The molecule has 2 atom stereocenters. The predicted molar refractivity (Wildman–Crippen MR) is 80.9 cm³/mol. The topological polar surface area (TPSA) is 61.4 Å². The van der Waals surface area contributed by atoms with Gasteiger partial charge in [0.05, 0.1) is 6.54 Å². The molecule has 2 unspecified atom stereocenters. The van der Waals surface area contributed by atoms with E-state index >= 15 is 0 Å². The van der Waals surface area contributed by atoms with Crippen LogP contribution in [0.1, 0.15) is 39.0 Å². The molecule has 0 aliphatic carbocycles. The molecule has 0 aromatic heterocycles. The summed E-state index contributed by atoms with van der Waals surface area (Å²) >= 11 is 0. The van der Waals surface area contributed by atoms with Crippen LogP contribution in [0.15, 0.2) is 0 Å². The van der Waals surface area contributed by atoms with Crippen molar-refractivity contribution in [1.82, 2.24) is 15.5 Å². The SMILES string of the molecule is CC1CNCCC1NC(=O)CN1CCCCCC1=O.Cl. The van der Waals surface area contributed by atoms with Crippen LogP contribution in [0.4, 0.5) is 0 Å². The number of amides is 2. The molecule has 116 valence electrons. The Morgan fingerprint density at radius 3 is 2.95 bits per heavy atom. The van der Waals surface area contributed by atoms with Gasteiger partial charge >= 0.3 is 0 Å². The van der Waals surface area contributed by atoms with Crippen molar-refractivity contribution in [2.24, 2.45) is 5.92 Å². The first-order chi connectivity index (χ1) is 9.16. The number of nitrogens with one attached hydrogen (secondary N) is 2. The van der Waals surface area contributed by atoms with Gasteiger partial charge in [-0.15, -0.1) is 12.4 Å². The van der Waals surface area contributed by atoms with Crippen molar-refractivity contribution in [2.75, 3.05) is 26.2 Å². The quantitative estimate of drug-likeness (QED) is 0.815. The van der Waals surface area contributed by atoms with E-state index in [2.05, 4.69) is 17.6 Å². The Morgan fingerprint density at radius 2 is 2.20 bits per heavy atom. The van der Waals surface area contributed by atoms with Gasteiger partial charge in [0, 0.05) is 19.0 Å². The van der Waals surface area contributed by atoms with Crippen LogP contribution >= 0.6 is 12.4 Å². The second kappa shape index (κ2) is 8.47. The average Bonchev–Trinajstić information content (AvgIpc) is 2.58. The van der Waals surface area contributed by atoms with Crippen molar-refractivity contribution < 1.29 is 9.59 Å². The highest BCUT2D eigenvalue weighted by atomic mass is 35.5. The Morgan fingerprint density at radius 1 is 1.40 bits per heavy atom. The molecule has 0 saturated carbocycles. The molecule has 2 N–H and O–H groups in total. The van der Waals surface area contributed by atoms with Gasteiger partial charge in [0.15, 0.2) is 0 Å². The van der Waals surface area contributed by atoms with Crippen molar-refractivity contribution in [3.63, 3.8) is 0 Å². The zero-order valence-electron chi connectivity index (χ0n) is 12.2. The highest BCUT2D eigenvalue weighted by Crippen LogP contribution is 2.12. The fraction of sp³-hybridized carbons (Fsp3) is 0.857. The lowest BCUT2D eigenvalue weighted by Crippen LogP contribution is -2.51. The third-order valence-electron chi connectivity index (χ3n) is 4.14. The summed E-state index contributed by atoms with van der Waals surface area (Å²) in [5.74, 6) is 0.581. The van der Waals surface area contributed by atoms with Gasteiger partial charge in [0.2, 0.25) is 11.8 Å². The molecule has 20 heavy (non-hydrogen) atoms. The van der Waals surface area contributed by atoms with Gasteiger partial charge in [0.1, 0.15) is 0 Å². The Balaban J connectivity index is 0.00000200. The van der Waals surface area contributed by atoms with E-state index in [-0.39, 0.29) is 36.8 Å². The van der Waals surface area contributed by atoms with Crippen molar-refractivity contribution in [3.8, 4) is 0 Å². The van der Waals surface area contributed by atoms with E-state index in [1.807, 2.05) is 0 Å². The average molecular weight is 304 g/mol. The largest absolute Gasteiger partial charge is 0.351 e. The maximum absolute atomic E-state index is 12.1. The summed E-state index contributed by atoms with van der Waals surface area (Å²) in [5, 5.41) is 6.40. The summed E-state index contributed by atoms with van der Waals surface area (Å²) in [6, 6.07) is 0.246. The number of nitrogens with zero attached hydrogens (tertiary/aromatic N) is 1. The molecule has 0 spiro atoms. The van der Waals surface area contributed by atoms with Crippen molar-refractivity contribution in [2.45, 2.75) is 45.1 Å². The van der Waals surface area contributed by atoms with Crippen LogP contribution in [0.25, 0.3) is 0 Å². The first-order valence-corrected chi connectivity index (χ1v) is 7.44. The minimum atomic E-state index is -0.00556. The fourth-order valence-corrected chi connectivity index (χ4v) is 2.86. The van der Waals surface area contributed by atoms with E-state index in [1.165, 1.54) is 0 Å². The maximum atomic E-state index is 12.1. The third kappa shape index (κ3) is 4.94. The normalized spacial score (nSPS) is 27.4. The van der Waals surface area contributed by atoms with Gasteiger partial charge < -0.3 is 15.5 Å². The maximum Gasteiger partial charge on any atom is 0.239 e. The molecular weight excluding hydrogens is 278 g/mol. The second-order valence-electron chi connectivity index (χ2n) is 5.77. The van der Waals surface area contributed by atoms with Crippen LogP contribution in [0.2, 0.25) is 0 Å². The Bertz CT molecular complexity index is 338. The Labute approximate surface area is 127 Å². The third-order valence-corrected chi connectivity index (χ3v) is 4.14. The number of carbonyl (C=O) groups excluding carboxylic acids is 2. The standard InChI is InChI=1S/C14H25N3O2.ClH/c1-11-9-15-7-6-12(11)16-13(18)10-17-8-4-2-3-5-14(17)19;/h11-12,15H,2-10H2,1H3,(H,16,18);1H. The van der Waals surface area contributed by atoms with Crippen LogP contribution in [0, 0.1) is 5.92 Å². The molecule has 0 aromatic carbocycles. The number of likely N-dealkylation sites (tertiary alicyclic amines) is 1. The molecule has 6 heteroatoms. The van der Waals surface area contributed by atoms with Crippen LogP contribution < -0.4 is 10.6 Å². The fourth-order valence-electron chi connectivity index (χ4n) is 2.86. The van der Waals surface area contributed by atoms with E-state index in [0.717, 1.165) is 45.3 Å². The zero-order chi connectivity index (χ0) is 13.7. The summed E-state index contributed by atoms with van der Waals surface area (Å²) in [4.78, 5) is 25.6. The predicted octanol–water partition coefficient (Wildman–Crippen LogP) is 0.925. The Kier molecular flexibility index (Phi) is 7.30. The number of hydrogen-bond donors (Lipinski definition) is 2. The van der Waals surface area contributed by atoms with Gasteiger partial charge in [-0.2, -0.15) is 0 Å². The molecule has 2 fully saturated rings. The molecule has 2 heterocycles. The molecule has 5 nitrogen and oxygen atoms in total. The minimum Gasteiger partial charge on any atom is -0.351 e. The van der Waals surface area contributed by atoms with Crippen molar-refractivity contribution in [1.29, 1.82) is 0 Å². The van der Waals surface area contributed by atoms with Crippen LogP contribution in [-0.2, 0) is 9.59 Å². The van der Waals surface area contributed by atoms with Crippen molar-refractivity contribution >= 4 is 24.2 Å². The summed E-state index contributed by atoms with van der Waals surface area (Å²) in [5.41, 5.74) is 0. The van der Waals surface area contributed by atoms with Gasteiger partial charge in [-0.25, -0.2) is 0 Å². The van der Waals surface area contributed by atoms with Crippen LogP contribution in [0.3, 0.4) is 0 Å². The molecule has 2 aliphatic heterocycles. The lowest BCUT2D eigenvalue weighted by Gasteiger charge is -2.31. The molecule has 2 saturated heterocycles. The molecule has 2 amide bonds. The summed E-state index contributed by atoms with van der Waals surface area (Å²) in [6.07, 6.45) is 4.64. The van der Waals surface area contributed by atoms with Gasteiger partial charge in [0.25, 0.3) is 0 Å². The van der Waals surface area contributed by atoms with Crippen LogP contribution in [-0.4, -0.2) is 48.9 Å². The highest BCUT2D eigenvalue weighted by molar-refractivity contribution is 5.85. The molecule has 2 aliphatic rings. The lowest BCUT2D eigenvalue weighted by molar-refractivity contribution is -0.136. The number of carbonyl (C=O) groups is 2. The number of halogens is 1. The van der Waals surface area contributed by atoms with Gasteiger partial charge in [-0.1, -0.05) is 13.3 Å². The summed E-state index contributed by atoms with van der Waals surface area (Å²) < 4.78 is 0. The van der Waals surface area contributed by atoms with E-state index in [1.54, 1.807) is 4.90 Å². The minimum absolute atomic E-state index is 0. The number of hydrogen-bond acceptors (Lipinski definition) is 3. The molecule has 0 bridgehead atoms. The van der Waals surface area contributed by atoms with Crippen LogP contribution in [0.5, 0.6) is 0 Å². The zero-order valence-corrected chi connectivity index (χ0v) is 13.0. The van der Waals surface area contributed by atoms with Gasteiger partial charge in [-0.3, -0.25) is 9.59 Å². The highest BCUT2D eigenvalue weighted by Gasteiger charge is 2.24. The van der Waals surface area contributed by atoms with E-state index in [4.69, 9.17) is 0 Å². The number of piperidine rings is 1. The van der Waals surface area contributed by atoms with Crippen molar-refractivity contribution in [3.05, 3.63) is 0 Å². The molecular formula is C14H26ClN3O2.